The molecule has 1 aliphatic rings. The average molecular weight is 244 g/mol. The molecular weight excluding hydrogens is 230 g/mol. The first kappa shape index (κ1) is 9.28. The standard InChI is InChI=1S/C10H14BrNO/c1-9(2)5-10(9,6-12)7-3-4-8(11)13-7/h3-4H,5-6,12H2,1-2H3. The molecule has 0 saturated heterocycles. The van der Waals surface area contributed by atoms with Crippen molar-refractivity contribution in [2.75, 3.05) is 6.54 Å². The van der Waals surface area contributed by atoms with Gasteiger partial charge in [0.1, 0.15) is 5.76 Å². The third kappa shape index (κ3) is 1.17. The van der Waals surface area contributed by atoms with Crippen molar-refractivity contribution in [2.45, 2.75) is 25.7 Å². The molecule has 1 aromatic rings. The summed E-state index contributed by atoms with van der Waals surface area (Å²) in [7, 11) is 0. The highest BCUT2D eigenvalue weighted by Crippen LogP contribution is 2.63. The van der Waals surface area contributed by atoms with Crippen LogP contribution >= 0.6 is 15.9 Å². The van der Waals surface area contributed by atoms with Gasteiger partial charge in [0.2, 0.25) is 0 Å². The molecule has 1 fully saturated rings. The lowest BCUT2D eigenvalue weighted by Crippen LogP contribution is -2.24. The second-order valence-electron chi connectivity index (χ2n) is 4.45. The maximum absolute atomic E-state index is 5.81. The van der Waals surface area contributed by atoms with Gasteiger partial charge in [0.25, 0.3) is 0 Å². The molecule has 13 heavy (non-hydrogen) atoms. The van der Waals surface area contributed by atoms with Crippen molar-refractivity contribution < 1.29 is 4.42 Å². The van der Waals surface area contributed by atoms with Gasteiger partial charge in [-0.15, -0.1) is 0 Å². The molecule has 0 amide bonds. The maximum Gasteiger partial charge on any atom is 0.169 e. The van der Waals surface area contributed by atoms with Crippen LogP contribution in [0.1, 0.15) is 26.0 Å². The molecule has 0 aliphatic heterocycles. The van der Waals surface area contributed by atoms with Gasteiger partial charge in [0.05, 0.1) is 0 Å². The first-order chi connectivity index (χ1) is 6.02. The van der Waals surface area contributed by atoms with E-state index in [4.69, 9.17) is 10.2 Å². The Balaban J connectivity index is 2.35. The third-order valence-electron chi connectivity index (χ3n) is 3.31. The Morgan fingerprint density at radius 3 is 2.46 bits per heavy atom. The molecule has 0 radical (unpaired) electrons. The lowest BCUT2D eigenvalue weighted by atomic mass is 9.93. The van der Waals surface area contributed by atoms with E-state index in [1.807, 2.05) is 12.1 Å². The van der Waals surface area contributed by atoms with E-state index >= 15 is 0 Å². The minimum atomic E-state index is 0.0824. The predicted molar refractivity (Wildman–Crippen MR) is 55.5 cm³/mol. The Morgan fingerprint density at radius 1 is 1.54 bits per heavy atom. The van der Waals surface area contributed by atoms with Crippen LogP contribution in [0, 0.1) is 5.41 Å². The van der Waals surface area contributed by atoms with E-state index in [0.29, 0.717) is 12.0 Å². The molecule has 1 atom stereocenters. The highest BCUT2D eigenvalue weighted by atomic mass is 79.9. The Morgan fingerprint density at radius 2 is 2.15 bits per heavy atom. The zero-order valence-electron chi connectivity index (χ0n) is 7.93. The topological polar surface area (TPSA) is 39.2 Å². The van der Waals surface area contributed by atoms with Crippen LogP contribution in [0.5, 0.6) is 0 Å². The summed E-state index contributed by atoms with van der Waals surface area (Å²) in [6, 6.07) is 3.95. The van der Waals surface area contributed by atoms with Gasteiger partial charge in [0, 0.05) is 12.0 Å². The summed E-state index contributed by atoms with van der Waals surface area (Å²) in [4.78, 5) is 0. The fourth-order valence-electron chi connectivity index (χ4n) is 2.15. The molecule has 72 valence electrons. The first-order valence-corrected chi connectivity index (χ1v) is 5.27. The van der Waals surface area contributed by atoms with Crippen LogP contribution in [0.25, 0.3) is 0 Å². The monoisotopic (exact) mass is 243 g/mol. The molecule has 1 aromatic heterocycles. The molecule has 3 heteroatoms. The fourth-order valence-corrected chi connectivity index (χ4v) is 2.46. The molecular formula is C10H14BrNO. The van der Waals surface area contributed by atoms with E-state index in [0.717, 1.165) is 16.9 Å². The van der Waals surface area contributed by atoms with Crippen LogP contribution in [-0.2, 0) is 5.41 Å². The quantitative estimate of drug-likeness (QED) is 0.868. The molecule has 1 saturated carbocycles. The Kier molecular flexibility index (Phi) is 1.86. The van der Waals surface area contributed by atoms with Crippen molar-refractivity contribution in [3.8, 4) is 0 Å². The second-order valence-corrected chi connectivity index (χ2v) is 5.23. The van der Waals surface area contributed by atoms with E-state index in [1.165, 1.54) is 0 Å². The van der Waals surface area contributed by atoms with Gasteiger partial charge in [0.15, 0.2) is 4.67 Å². The van der Waals surface area contributed by atoms with Crippen molar-refractivity contribution in [2.24, 2.45) is 11.1 Å². The summed E-state index contributed by atoms with van der Waals surface area (Å²) in [6.45, 7) is 5.13. The van der Waals surface area contributed by atoms with Crippen molar-refractivity contribution in [3.63, 3.8) is 0 Å². The van der Waals surface area contributed by atoms with E-state index in [9.17, 15) is 0 Å². The molecule has 1 aliphatic carbocycles. The van der Waals surface area contributed by atoms with Gasteiger partial charge >= 0.3 is 0 Å². The summed E-state index contributed by atoms with van der Waals surface area (Å²) in [5.74, 6) is 1.02. The number of halogens is 1. The van der Waals surface area contributed by atoms with Crippen LogP contribution in [0.15, 0.2) is 21.2 Å². The van der Waals surface area contributed by atoms with E-state index in [2.05, 4.69) is 29.8 Å². The van der Waals surface area contributed by atoms with Crippen molar-refractivity contribution in [1.29, 1.82) is 0 Å². The van der Waals surface area contributed by atoms with Gasteiger partial charge in [-0.3, -0.25) is 0 Å². The van der Waals surface area contributed by atoms with Crippen LogP contribution in [0.2, 0.25) is 0 Å². The molecule has 0 aromatic carbocycles. The molecule has 1 heterocycles. The van der Waals surface area contributed by atoms with Gasteiger partial charge in [-0.05, 0) is 39.9 Å². The maximum atomic E-state index is 5.81. The van der Waals surface area contributed by atoms with Crippen molar-refractivity contribution >= 4 is 15.9 Å². The van der Waals surface area contributed by atoms with Gasteiger partial charge in [-0.1, -0.05) is 13.8 Å². The van der Waals surface area contributed by atoms with Crippen LogP contribution in [0.3, 0.4) is 0 Å². The minimum absolute atomic E-state index is 0.0824. The van der Waals surface area contributed by atoms with Crippen molar-refractivity contribution in [1.82, 2.24) is 0 Å². The van der Waals surface area contributed by atoms with E-state index in [-0.39, 0.29) is 5.41 Å². The average Bonchev–Trinajstić information content (AvgIpc) is 2.43. The lowest BCUT2D eigenvalue weighted by molar-refractivity contribution is 0.388. The number of hydrogen-bond donors (Lipinski definition) is 1. The Labute approximate surface area is 86.6 Å². The third-order valence-corrected chi connectivity index (χ3v) is 3.73. The van der Waals surface area contributed by atoms with Gasteiger partial charge in [-0.25, -0.2) is 0 Å². The summed E-state index contributed by atoms with van der Waals surface area (Å²) in [5, 5.41) is 0. The summed E-state index contributed by atoms with van der Waals surface area (Å²) < 4.78 is 6.36. The number of hydrogen-bond acceptors (Lipinski definition) is 2. The predicted octanol–water partition coefficient (Wildman–Crippen LogP) is 2.67. The van der Waals surface area contributed by atoms with E-state index < -0.39 is 0 Å². The summed E-state index contributed by atoms with van der Waals surface area (Å²) in [5.41, 5.74) is 6.18. The molecule has 2 nitrogen and oxygen atoms in total. The smallest absolute Gasteiger partial charge is 0.169 e. The molecule has 2 rings (SSSR count). The zero-order valence-corrected chi connectivity index (χ0v) is 9.52. The van der Waals surface area contributed by atoms with Crippen LogP contribution in [0.4, 0.5) is 0 Å². The number of furan rings is 1. The van der Waals surface area contributed by atoms with E-state index in [1.54, 1.807) is 0 Å². The van der Waals surface area contributed by atoms with Gasteiger partial charge < -0.3 is 10.2 Å². The molecule has 1 unspecified atom stereocenters. The van der Waals surface area contributed by atoms with Crippen LogP contribution in [-0.4, -0.2) is 6.54 Å². The summed E-state index contributed by atoms with van der Waals surface area (Å²) in [6.07, 6.45) is 1.12. The Bertz CT molecular complexity index is 331. The van der Waals surface area contributed by atoms with Crippen LogP contribution < -0.4 is 5.73 Å². The largest absolute Gasteiger partial charge is 0.454 e. The Hall–Kier alpha value is -0.280. The first-order valence-electron chi connectivity index (χ1n) is 4.48. The highest BCUT2D eigenvalue weighted by Gasteiger charge is 2.63. The highest BCUT2D eigenvalue weighted by molar-refractivity contribution is 9.10. The van der Waals surface area contributed by atoms with Gasteiger partial charge in [-0.2, -0.15) is 0 Å². The number of rotatable bonds is 2. The van der Waals surface area contributed by atoms with Crippen molar-refractivity contribution in [3.05, 3.63) is 22.6 Å². The fraction of sp³-hybridized carbons (Fsp3) is 0.600. The normalized spacial score (nSPS) is 30.5. The molecule has 2 N–H and O–H groups in total. The lowest BCUT2D eigenvalue weighted by Gasteiger charge is -2.14. The number of nitrogens with two attached hydrogens (primary N) is 1. The molecule has 0 spiro atoms. The molecule has 0 bridgehead atoms. The summed E-state index contributed by atoms with van der Waals surface area (Å²) >= 11 is 3.31. The minimum Gasteiger partial charge on any atom is -0.454 e. The second kappa shape index (κ2) is 2.61. The SMILES string of the molecule is CC1(C)CC1(CN)c1ccc(Br)o1. The zero-order chi connectivity index (χ0) is 9.69.